The Morgan fingerprint density at radius 2 is 1.58 bits per heavy atom. The quantitative estimate of drug-likeness (QED) is 0.269. The summed E-state index contributed by atoms with van der Waals surface area (Å²) < 4.78 is 13.2. The molecule has 0 saturated heterocycles. The van der Waals surface area contributed by atoms with E-state index >= 15 is 0 Å². The highest BCUT2D eigenvalue weighted by atomic mass is 19.1. The van der Waals surface area contributed by atoms with Crippen molar-refractivity contribution in [2.45, 2.75) is 31.7 Å². The Hall–Kier alpha value is -4.27. The van der Waals surface area contributed by atoms with Gasteiger partial charge in [0.2, 0.25) is 11.8 Å². The second-order valence-corrected chi connectivity index (χ2v) is 8.22. The lowest BCUT2D eigenvalue weighted by Gasteiger charge is -2.18. The number of aliphatic carboxylic acids is 1. The largest absolute Gasteiger partial charge is 0.481 e. The molecule has 0 fully saturated rings. The number of hydrogen-bond donors (Lipinski definition) is 4. The van der Waals surface area contributed by atoms with Crippen LogP contribution in [0.2, 0.25) is 0 Å². The summed E-state index contributed by atoms with van der Waals surface area (Å²) in [6, 6.07) is 17.9. The van der Waals surface area contributed by atoms with Crippen LogP contribution in [0.3, 0.4) is 0 Å². The Morgan fingerprint density at radius 3 is 2.22 bits per heavy atom. The molecule has 0 spiro atoms. The number of halogens is 1. The van der Waals surface area contributed by atoms with Crippen molar-refractivity contribution in [2.24, 2.45) is 0 Å². The molecule has 9 heteroatoms. The van der Waals surface area contributed by atoms with Gasteiger partial charge in [-0.2, -0.15) is 0 Å². The number of nitrogens with one attached hydrogen (secondary N) is 3. The van der Waals surface area contributed by atoms with Crippen LogP contribution in [-0.4, -0.2) is 41.0 Å². The molecule has 1 heterocycles. The van der Waals surface area contributed by atoms with Gasteiger partial charge in [-0.05, 0) is 53.8 Å². The van der Waals surface area contributed by atoms with E-state index in [0.29, 0.717) is 18.5 Å². The SMILES string of the molecule is O=C(O)CC(NC(=O)CNC(=O)CCCCNc1ccccn1)c1ccc(-c2ccc(F)cc2)cc1. The predicted octanol–water partition coefficient (Wildman–Crippen LogP) is 3.92. The fourth-order valence-corrected chi connectivity index (χ4v) is 3.58. The summed E-state index contributed by atoms with van der Waals surface area (Å²) in [5.41, 5.74) is 2.27. The molecule has 188 valence electrons. The van der Waals surface area contributed by atoms with Gasteiger partial charge in [-0.25, -0.2) is 9.37 Å². The Bertz CT molecular complexity index is 1140. The Balaban J connectivity index is 1.44. The normalized spacial score (nSPS) is 11.4. The van der Waals surface area contributed by atoms with Crippen LogP contribution in [0, 0.1) is 5.82 Å². The number of carbonyl (C=O) groups is 3. The standard InChI is InChI=1S/C27H29FN4O4/c28-22-13-11-20(12-14-22)19-7-9-21(10-8-19)23(17-27(35)36)32-26(34)18-31-25(33)6-2-4-16-30-24-5-1-3-15-29-24/h1,3,5,7-15,23H,2,4,6,16-18H2,(H,29,30)(H,31,33)(H,32,34)(H,35,36). The number of carboxylic acid groups (broad SMARTS) is 1. The van der Waals surface area contributed by atoms with Crippen molar-refractivity contribution in [1.82, 2.24) is 15.6 Å². The minimum atomic E-state index is -1.06. The summed E-state index contributed by atoms with van der Waals surface area (Å²) in [5.74, 6) is -1.34. The third-order valence-corrected chi connectivity index (χ3v) is 5.45. The number of pyridine rings is 1. The summed E-state index contributed by atoms with van der Waals surface area (Å²) in [6.45, 7) is 0.441. The van der Waals surface area contributed by atoms with E-state index in [9.17, 15) is 23.9 Å². The Morgan fingerprint density at radius 1 is 0.889 bits per heavy atom. The number of benzene rings is 2. The molecule has 0 bridgehead atoms. The van der Waals surface area contributed by atoms with Crippen LogP contribution in [-0.2, 0) is 14.4 Å². The van der Waals surface area contributed by atoms with Crippen LogP contribution < -0.4 is 16.0 Å². The van der Waals surface area contributed by atoms with E-state index in [4.69, 9.17) is 0 Å². The number of aromatic nitrogens is 1. The maximum Gasteiger partial charge on any atom is 0.305 e. The first-order chi connectivity index (χ1) is 17.4. The lowest BCUT2D eigenvalue weighted by atomic mass is 9.99. The number of nitrogens with zero attached hydrogens (tertiary/aromatic N) is 1. The van der Waals surface area contributed by atoms with Crippen LogP contribution in [0.4, 0.5) is 10.2 Å². The molecule has 0 aliphatic rings. The number of carboxylic acids is 1. The van der Waals surface area contributed by atoms with E-state index < -0.39 is 17.9 Å². The molecule has 36 heavy (non-hydrogen) atoms. The van der Waals surface area contributed by atoms with E-state index in [2.05, 4.69) is 20.9 Å². The number of unbranched alkanes of at least 4 members (excludes halogenated alkanes) is 1. The van der Waals surface area contributed by atoms with Crippen LogP contribution in [0.25, 0.3) is 11.1 Å². The lowest BCUT2D eigenvalue weighted by Crippen LogP contribution is -2.39. The van der Waals surface area contributed by atoms with Crippen molar-refractivity contribution in [3.63, 3.8) is 0 Å². The third-order valence-electron chi connectivity index (χ3n) is 5.45. The molecular weight excluding hydrogens is 463 g/mol. The van der Waals surface area contributed by atoms with Crippen molar-refractivity contribution in [2.75, 3.05) is 18.4 Å². The average Bonchev–Trinajstić information content (AvgIpc) is 2.88. The molecule has 4 N–H and O–H groups in total. The molecule has 2 amide bonds. The predicted molar refractivity (Wildman–Crippen MR) is 135 cm³/mol. The van der Waals surface area contributed by atoms with Gasteiger partial charge < -0.3 is 21.1 Å². The fourth-order valence-electron chi connectivity index (χ4n) is 3.58. The zero-order chi connectivity index (χ0) is 25.8. The number of amides is 2. The molecule has 0 aliphatic heterocycles. The minimum Gasteiger partial charge on any atom is -0.481 e. The highest BCUT2D eigenvalue weighted by molar-refractivity contribution is 5.85. The zero-order valence-electron chi connectivity index (χ0n) is 19.7. The summed E-state index contributed by atoms with van der Waals surface area (Å²) in [7, 11) is 0. The fraction of sp³-hybridized carbons (Fsp3) is 0.259. The maximum absolute atomic E-state index is 13.2. The molecule has 1 aromatic heterocycles. The molecule has 0 saturated carbocycles. The van der Waals surface area contributed by atoms with Gasteiger partial charge in [0, 0.05) is 19.2 Å². The van der Waals surface area contributed by atoms with Gasteiger partial charge in [0.05, 0.1) is 19.0 Å². The van der Waals surface area contributed by atoms with Crippen molar-refractivity contribution in [1.29, 1.82) is 0 Å². The van der Waals surface area contributed by atoms with Gasteiger partial charge in [-0.1, -0.05) is 42.5 Å². The molecule has 3 aromatic rings. The first-order valence-corrected chi connectivity index (χ1v) is 11.7. The van der Waals surface area contributed by atoms with E-state index in [0.717, 1.165) is 23.4 Å². The van der Waals surface area contributed by atoms with Gasteiger partial charge >= 0.3 is 5.97 Å². The Kier molecular flexibility index (Phi) is 9.93. The molecule has 3 rings (SSSR count). The van der Waals surface area contributed by atoms with Crippen LogP contribution in [0.5, 0.6) is 0 Å². The molecule has 0 aliphatic carbocycles. The number of carbonyl (C=O) groups excluding carboxylic acids is 2. The first kappa shape index (κ1) is 26.3. The smallest absolute Gasteiger partial charge is 0.305 e. The van der Waals surface area contributed by atoms with E-state index in [1.807, 2.05) is 18.2 Å². The van der Waals surface area contributed by atoms with Gasteiger partial charge in [-0.15, -0.1) is 0 Å². The molecular formula is C27H29FN4O4. The van der Waals surface area contributed by atoms with Gasteiger partial charge in [0.15, 0.2) is 0 Å². The molecule has 0 radical (unpaired) electrons. The van der Waals surface area contributed by atoms with Crippen molar-refractivity contribution < 1.29 is 23.9 Å². The van der Waals surface area contributed by atoms with Gasteiger partial charge in [-0.3, -0.25) is 14.4 Å². The summed E-state index contributed by atoms with van der Waals surface area (Å²) in [5, 5.41) is 17.7. The second-order valence-electron chi connectivity index (χ2n) is 8.22. The van der Waals surface area contributed by atoms with Crippen molar-refractivity contribution in [3.8, 4) is 11.1 Å². The summed E-state index contributed by atoms with van der Waals surface area (Å²) >= 11 is 0. The van der Waals surface area contributed by atoms with E-state index in [1.165, 1.54) is 12.1 Å². The Labute approximate surface area is 209 Å². The van der Waals surface area contributed by atoms with E-state index in [-0.39, 0.29) is 31.1 Å². The lowest BCUT2D eigenvalue weighted by molar-refractivity contribution is -0.138. The monoisotopic (exact) mass is 492 g/mol. The zero-order valence-corrected chi connectivity index (χ0v) is 19.7. The molecule has 8 nitrogen and oxygen atoms in total. The first-order valence-electron chi connectivity index (χ1n) is 11.7. The summed E-state index contributed by atoms with van der Waals surface area (Å²) in [4.78, 5) is 40.0. The highest BCUT2D eigenvalue weighted by Gasteiger charge is 2.18. The summed E-state index contributed by atoms with van der Waals surface area (Å²) in [6.07, 6.45) is 3.09. The highest BCUT2D eigenvalue weighted by Crippen LogP contribution is 2.24. The molecule has 1 atom stereocenters. The average molecular weight is 493 g/mol. The van der Waals surface area contributed by atoms with Crippen LogP contribution in [0.15, 0.2) is 72.9 Å². The minimum absolute atomic E-state index is 0.241. The van der Waals surface area contributed by atoms with Gasteiger partial charge in [0.25, 0.3) is 0 Å². The van der Waals surface area contributed by atoms with Crippen molar-refractivity contribution >= 4 is 23.6 Å². The topological polar surface area (TPSA) is 120 Å². The maximum atomic E-state index is 13.2. The third kappa shape index (κ3) is 8.83. The molecule has 2 aromatic carbocycles. The number of anilines is 1. The number of rotatable bonds is 13. The molecule has 1 unspecified atom stereocenters. The van der Waals surface area contributed by atoms with Gasteiger partial charge in [0.1, 0.15) is 11.6 Å². The van der Waals surface area contributed by atoms with Crippen LogP contribution >= 0.6 is 0 Å². The van der Waals surface area contributed by atoms with E-state index in [1.54, 1.807) is 42.6 Å². The van der Waals surface area contributed by atoms with Crippen LogP contribution in [0.1, 0.15) is 37.3 Å². The second kappa shape index (κ2) is 13.6. The van der Waals surface area contributed by atoms with Crippen molar-refractivity contribution in [3.05, 3.63) is 84.3 Å². The number of hydrogen-bond acceptors (Lipinski definition) is 5.